The summed E-state index contributed by atoms with van der Waals surface area (Å²) in [4.78, 5) is 15.6. The predicted molar refractivity (Wildman–Crippen MR) is 112 cm³/mol. The largest absolute Gasteiger partial charge is 0.497 e. The first-order valence-corrected chi connectivity index (χ1v) is 10.6. The monoisotopic (exact) mass is 414 g/mol. The number of methoxy groups -OCH3 is 2. The summed E-state index contributed by atoms with van der Waals surface area (Å²) in [6.45, 7) is 4.09. The van der Waals surface area contributed by atoms with Gasteiger partial charge in [-0.3, -0.25) is 5.41 Å². The van der Waals surface area contributed by atoms with E-state index in [2.05, 4.69) is 14.9 Å². The summed E-state index contributed by atoms with van der Waals surface area (Å²) >= 11 is 1.45. The molecule has 9 heteroatoms. The van der Waals surface area contributed by atoms with Crippen molar-refractivity contribution in [2.45, 2.75) is 35.9 Å². The van der Waals surface area contributed by atoms with E-state index >= 15 is 0 Å². The second kappa shape index (κ2) is 8.87. The van der Waals surface area contributed by atoms with Crippen molar-refractivity contribution in [3.05, 3.63) is 30.0 Å². The Hall–Kier alpha value is -2.52. The number of nitrogens with one attached hydrogen (secondary N) is 2. The standard InChI is InChI=1S/C20H26N6O2S/c1-27-14-6-7-15(28-2)16(12-14)29-20-23-17-18(21)22-13-26(19(17)24-20)11-10-25-8-4-3-5-9-25/h6-7,12-13,21H,3-5,8-11H2,1-2H3,(H,23,24). The lowest BCUT2D eigenvalue weighted by Gasteiger charge is -2.26. The number of fused-ring (bicyclic) bond motifs is 1. The van der Waals surface area contributed by atoms with Crippen LogP contribution in [0.4, 0.5) is 0 Å². The number of ether oxygens (including phenoxy) is 2. The third-order valence-electron chi connectivity index (χ3n) is 5.18. The molecule has 0 radical (unpaired) electrons. The molecular weight excluding hydrogens is 388 g/mol. The molecule has 1 fully saturated rings. The molecule has 0 amide bonds. The fourth-order valence-electron chi connectivity index (χ4n) is 3.57. The smallest absolute Gasteiger partial charge is 0.173 e. The maximum Gasteiger partial charge on any atom is 0.173 e. The summed E-state index contributed by atoms with van der Waals surface area (Å²) in [5.41, 5.74) is 1.60. The molecule has 2 aromatic heterocycles. The molecule has 0 saturated carbocycles. The molecule has 1 saturated heterocycles. The number of aromatic amines is 1. The zero-order chi connectivity index (χ0) is 20.2. The Morgan fingerprint density at radius 3 is 2.72 bits per heavy atom. The van der Waals surface area contributed by atoms with Gasteiger partial charge in [-0.05, 0) is 55.9 Å². The maximum absolute atomic E-state index is 8.16. The highest BCUT2D eigenvalue weighted by atomic mass is 32.2. The summed E-state index contributed by atoms with van der Waals surface area (Å²) in [5.74, 6) is 1.50. The number of hydrogen-bond acceptors (Lipinski definition) is 7. The van der Waals surface area contributed by atoms with Crippen LogP contribution in [0, 0.1) is 5.41 Å². The molecule has 3 aromatic rings. The van der Waals surface area contributed by atoms with Gasteiger partial charge < -0.3 is 23.9 Å². The number of piperidine rings is 1. The molecule has 29 heavy (non-hydrogen) atoms. The minimum atomic E-state index is 0.200. The van der Waals surface area contributed by atoms with Gasteiger partial charge in [0.2, 0.25) is 0 Å². The average molecular weight is 415 g/mol. The van der Waals surface area contributed by atoms with Crippen molar-refractivity contribution in [1.29, 1.82) is 5.41 Å². The highest BCUT2D eigenvalue weighted by Gasteiger charge is 2.15. The summed E-state index contributed by atoms with van der Waals surface area (Å²) in [6, 6.07) is 5.66. The Morgan fingerprint density at radius 2 is 1.97 bits per heavy atom. The second-order valence-corrected chi connectivity index (χ2v) is 8.08. The first kappa shape index (κ1) is 19.8. The van der Waals surface area contributed by atoms with Gasteiger partial charge in [0.15, 0.2) is 16.3 Å². The van der Waals surface area contributed by atoms with Crippen LogP contribution in [-0.4, -0.2) is 58.3 Å². The van der Waals surface area contributed by atoms with E-state index in [0.717, 1.165) is 48.2 Å². The van der Waals surface area contributed by atoms with Gasteiger partial charge >= 0.3 is 0 Å². The van der Waals surface area contributed by atoms with Crippen molar-refractivity contribution in [1.82, 2.24) is 24.4 Å². The number of benzene rings is 1. The van der Waals surface area contributed by atoms with Crippen LogP contribution in [0.2, 0.25) is 0 Å². The number of likely N-dealkylation sites (tertiary alicyclic amines) is 1. The van der Waals surface area contributed by atoms with Gasteiger partial charge in [-0.25, -0.2) is 9.97 Å². The Labute approximate surface area is 173 Å². The summed E-state index contributed by atoms with van der Waals surface area (Å²) in [6.07, 6.45) is 5.60. The van der Waals surface area contributed by atoms with Crippen LogP contribution in [0.25, 0.3) is 11.2 Å². The summed E-state index contributed by atoms with van der Waals surface area (Å²) < 4.78 is 12.8. The Bertz CT molecular complexity index is 1040. The molecule has 0 bridgehead atoms. The number of H-pyrrole nitrogens is 1. The SMILES string of the molecule is COc1ccc(OC)c(Sc2nc3c([nH]2)c(=N)ncn3CCN2CCCCC2)c1. The third-order valence-corrected chi connectivity index (χ3v) is 6.11. The van der Waals surface area contributed by atoms with E-state index < -0.39 is 0 Å². The molecular formula is C20H26N6O2S. The predicted octanol–water partition coefficient (Wildman–Crippen LogP) is 2.89. The number of rotatable bonds is 7. The van der Waals surface area contributed by atoms with Crippen molar-refractivity contribution < 1.29 is 9.47 Å². The van der Waals surface area contributed by atoms with E-state index in [1.54, 1.807) is 20.5 Å². The highest BCUT2D eigenvalue weighted by molar-refractivity contribution is 7.99. The summed E-state index contributed by atoms with van der Waals surface area (Å²) in [7, 11) is 3.28. The molecule has 0 spiro atoms. The van der Waals surface area contributed by atoms with E-state index in [4.69, 9.17) is 19.9 Å². The van der Waals surface area contributed by atoms with Gasteiger partial charge in [-0.15, -0.1) is 0 Å². The third kappa shape index (κ3) is 4.40. The van der Waals surface area contributed by atoms with Crippen LogP contribution in [-0.2, 0) is 6.54 Å². The zero-order valence-electron chi connectivity index (χ0n) is 16.8. The van der Waals surface area contributed by atoms with Gasteiger partial charge in [0.1, 0.15) is 17.0 Å². The van der Waals surface area contributed by atoms with Gasteiger partial charge in [0.05, 0.1) is 25.4 Å². The van der Waals surface area contributed by atoms with Crippen molar-refractivity contribution in [3.63, 3.8) is 0 Å². The molecule has 0 aliphatic carbocycles. The van der Waals surface area contributed by atoms with Crippen LogP contribution >= 0.6 is 11.8 Å². The first-order chi connectivity index (χ1) is 14.2. The molecule has 1 aliphatic heterocycles. The van der Waals surface area contributed by atoms with E-state index in [1.807, 2.05) is 22.8 Å². The van der Waals surface area contributed by atoms with Crippen molar-refractivity contribution in [3.8, 4) is 11.5 Å². The van der Waals surface area contributed by atoms with Crippen LogP contribution in [0.1, 0.15) is 19.3 Å². The number of imidazole rings is 1. The van der Waals surface area contributed by atoms with Crippen molar-refractivity contribution in [2.24, 2.45) is 0 Å². The molecule has 0 unspecified atom stereocenters. The van der Waals surface area contributed by atoms with Crippen LogP contribution < -0.4 is 15.0 Å². The molecule has 1 aromatic carbocycles. The molecule has 154 valence electrons. The number of nitrogens with zero attached hydrogens (tertiary/aromatic N) is 4. The lowest BCUT2D eigenvalue weighted by Crippen LogP contribution is -2.32. The second-order valence-electron chi connectivity index (χ2n) is 7.05. The van der Waals surface area contributed by atoms with Crippen LogP contribution in [0.3, 0.4) is 0 Å². The molecule has 8 nitrogen and oxygen atoms in total. The van der Waals surface area contributed by atoms with E-state index in [0.29, 0.717) is 10.7 Å². The molecule has 1 aliphatic rings. The Balaban J connectivity index is 1.60. The summed E-state index contributed by atoms with van der Waals surface area (Å²) in [5, 5.41) is 8.86. The Morgan fingerprint density at radius 1 is 1.14 bits per heavy atom. The van der Waals surface area contributed by atoms with Gasteiger partial charge in [-0.2, -0.15) is 0 Å². The van der Waals surface area contributed by atoms with Crippen molar-refractivity contribution >= 4 is 22.9 Å². The van der Waals surface area contributed by atoms with Crippen molar-refractivity contribution in [2.75, 3.05) is 33.9 Å². The van der Waals surface area contributed by atoms with E-state index in [1.165, 1.54) is 31.0 Å². The molecule has 0 atom stereocenters. The normalized spacial score (nSPS) is 15.0. The number of aromatic nitrogens is 4. The van der Waals surface area contributed by atoms with Gasteiger partial charge in [0.25, 0.3) is 0 Å². The van der Waals surface area contributed by atoms with E-state index in [9.17, 15) is 0 Å². The number of hydrogen-bond donors (Lipinski definition) is 2. The zero-order valence-corrected chi connectivity index (χ0v) is 17.6. The fraction of sp³-hybridized carbons (Fsp3) is 0.450. The lowest BCUT2D eigenvalue weighted by atomic mass is 10.1. The quantitative estimate of drug-likeness (QED) is 0.618. The minimum absolute atomic E-state index is 0.200. The molecule has 3 heterocycles. The molecule has 4 rings (SSSR count). The van der Waals surface area contributed by atoms with E-state index in [-0.39, 0.29) is 5.49 Å². The highest BCUT2D eigenvalue weighted by Crippen LogP contribution is 2.36. The fourth-order valence-corrected chi connectivity index (χ4v) is 4.50. The minimum Gasteiger partial charge on any atom is -0.497 e. The Kier molecular flexibility index (Phi) is 6.05. The first-order valence-electron chi connectivity index (χ1n) is 9.80. The lowest BCUT2D eigenvalue weighted by molar-refractivity contribution is 0.221. The average Bonchev–Trinajstić information content (AvgIpc) is 3.18. The maximum atomic E-state index is 8.16. The van der Waals surface area contributed by atoms with Crippen LogP contribution in [0.15, 0.2) is 34.6 Å². The van der Waals surface area contributed by atoms with Gasteiger partial charge in [-0.1, -0.05) is 6.42 Å². The topological polar surface area (TPSA) is 92.0 Å². The van der Waals surface area contributed by atoms with Gasteiger partial charge in [0, 0.05) is 13.1 Å². The van der Waals surface area contributed by atoms with Crippen LogP contribution in [0.5, 0.6) is 11.5 Å². The molecule has 2 N–H and O–H groups in total.